The minimum atomic E-state index is -4.56. The van der Waals surface area contributed by atoms with Gasteiger partial charge in [0.15, 0.2) is 0 Å². The van der Waals surface area contributed by atoms with Crippen LogP contribution in [0.5, 0.6) is 0 Å². The molecule has 16 heavy (non-hydrogen) atoms. The van der Waals surface area contributed by atoms with Crippen LogP contribution in [-0.4, -0.2) is 21.3 Å². The summed E-state index contributed by atoms with van der Waals surface area (Å²) in [6.07, 6.45) is -5.29. The molecule has 0 aliphatic heterocycles. The van der Waals surface area contributed by atoms with Crippen molar-refractivity contribution in [3.05, 3.63) is 29.6 Å². The van der Waals surface area contributed by atoms with Crippen molar-refractivity contribution in [2.24, 2.45) is 0 Å². The normalized spacial score (nSPS) is 15.9. The van der Waals surface area contributed by atoms with Crippen molar-refractivity contribution in [3.8, 4) is 0 Å². The summed E-state index contributed by atoms with van der Waals surface area (Å²) in [4.78, 5) is 3.53. The van der Waals surface area contributed by atoms with Crippen molar-refractivity contribution in [2.75, 3.05) is 0 Å². The van der Waals surface area contributed by atoms with Gasteiger partial charge >= 0.3 is 6.18 Å². The van der Waals surface area contributed by atoms with Gasteiger partial charge in [0.2, 0.25) is 0 Å². The molecule has 1 aromatic rings. The average molecular weight is 235 g/mol. The summed E-state index contributed by atoms with van der Waals surface area (Å²) in [5, 5.41) is 18.9. The van der Waals surface area contributed by atoms with E-state index >= 15 is 0 Å². The number of nitrogens with zero attached hydrogens (tertiary/aromatic N) is 1. The predicted molar refractivity (Wildman–Crippen MR) is 50.5 cm³/mol. The largest absolute Gasteiger partial charge is 0.416 e. The lowest BCUT2D eigenvalue weighted by Gasteiger charge is -2.20. The number of aromatic nitrogens is 1. The second-order valence-corrected chi connectivity index (χ2v) is 3.38. The Morgan fingerprint density at radius 1 is 1.38 bits per heavy atom. The van der Waals surface area contributed by atoms with E-state index in [0.29, 0.717) is 0 Å². The maximum Gasteiger partial charge on any atom is 0.416 e. The van der Waals surface area contributed by atoms with E-state index in [2.05, 4.69) is 4.98 Å². The van der Waals surface area contributed by atoms with Gasteiger partial charge in [0.25, 0.3) is 0 Å². The second-order valence-electron chi connectivity index (χ2n) is 3.38. The molecule has 2 unspecified atom stereocenters. The zero-order valence-electron chi connectivity index (χ0n) is 8.57. The molecule has 0 spiro atoms. The highest BCUT2D eigenvalue weighted by Gasteiger charge is 2.36. The fraction of sp³-hybridized carbons (Fsp3) is 0.500. The number of aliphatic hydroxyl groups excluding tert-OH is 2. The zero-order valence-corrected chi connectivity index (χ0v) is 8.57. The molecule has 0 bridgehead atoms. The van der Waals surface area contributed by atoms with Gasteiger partial charge in [0.05, 0.1) is 11.7 Å². The quantitative estimate of drug-likeness (QED) is 0.841. The number of pyridine rings is 1. The number of hydrogen-bond donors (Lipinski definition) is 2. The van der Waals surface area contributed by atoms with Crippen molar-refractivity contribution in [3.63, 3.8) is 0 Å². The van der Waals surface area contributed by atoms with Crippen LogP contribution in [0.1, 0.15) is 30.6 Å². The second kappa shape index (κ2) is 4.80. The number of alkyl halides is 3. The Labute approximate surface area is 90.6 Å². The summed E-state index contributed by atoms with van der Waals surface area (Å²) < 4.78 is 37.7. The van der Waals surface area contributed by atoms with Gasteiger partial charge in [-0.25, -0.2) is 0 Å². The van der Waals surface area contributed by atoms with Gasteiger partial charge in [-0.3, -0.25) is 4.98 Å². The van der Waals surface area contributed by atoms with E-state index < -0.39 is 29.5 Å². The highest BCUT2D eigenvalue weighted by molar-refractivity contribution is 5.28. The van der Waals surface area contributed by atoms with Crippen LogP contribution in [0.25, 0.3) is 0 Å². The molecule has 3 nitrogen and oxygen atoms in total. The van der Waals surface area contributed by atoms with Gasteiger partial charge in [-0.2, -0.15) is 13.2 Å². The predicted octanol–water partition coefficient (Wildman–Crippen LogP) is 1.90. The lowest BCUT2D eigenvalue weighted by atomic mass is 9.99. The molecule has 90 valence electrons. The number of rotatable bonds is 3. The summed E-state index contributed by atoms with van der Waals surface area (Å²) in [6, 6.07) is 0.779. The zero-order chi connectivity index (χ0) is 12.3. The molecule has 0 fully saturated rings. The van der Waals surface area contributed by atoms with E-state index in [-0.39, 0.29) is 6.42 Å². The molecule has 1 rings (SSSR count). The standard InChI is InChI=1S/C10H12F3NO2/c1-2-8(15)9(16)6-5-14-4-3-7(6)10(11,12)13/h3-5,8-9,15-16H,2H2,1H3. The van der Waals surface area contributed by atoms with E-state index in [0.717, 1.165) is 18.5 Å². The van der Waals surface area contributed by atoms with E-state index in [1.807, 2.05) is 0 Å². The number of halogens is 3. The third-order valence-electron chi connectivity index (χ3n) is 2.26. The SMILES string of the molecule is CCC(O)C(O)c1cnccc1C(F)(F)F. The van der Waals surface area contributed by atoms with E-state index in [4.69, 9.17) is 0 Å². The van der Waals surface area contributed by atoms with Gasteiger partial charge in [-0.05, 0) is 12.5 Å². The summed E-state index contributed by atoms with van der Waals surface area (Å²) in [6.45, 7) is 1.57. The molecule has 2 atom stereocenters. The molecule has 0 aliphatic rings. The third kappa shape index (κ3) is 2.70. The maximum absolute atomic E-state index is 12.6. The molecule has 0 saturated heterocycles. The first-order valence-corrected chi connectivity index (χ1v) is 4.75. The maximum atomic E-state index is 12.6. The Balaban J connectivity index is 3.13. The van der Waals surface area contributed by atoms with Crippen LogP contribution < -0.4 is 0 Å². The lowest BCUT2D eigenvalue weighted by Crippen LogP contribution is -2.21. The van der Waals surface area contributed by atoms with Gasteiger partial charge in [-0.1, -0.05) is 6.92 Å². The lowest BCUT2D eigenvalue weighted by molar-refractivity contribution is -0.140. The van der Waals surface area contributed by atoms with Gasteiger partial charge in [-0.15, -0.1) is 0 Å². The Morgan fingerprint density at radius 2 is 2.00 bits per heavy atom. The van der Waals surface area contributed by atoms with Gasteiger partial charge < -0.3 is 10.2 Å². The van der Waals surface area contributed by atoms with Crippen LogP contribution in [0.3, 0.4) is 0 Å². The van der Waals surface area contributed by atoms with Gasteiger partial charge in [0.1, 0.15) is 6.10 Å². The molecule has 2 N–H and O–H groups in total. The Kier molecular flexibility index (Phi) is 3.88. The minimum absolute atomic E-state index is 0.160. The fourth-order valence-electron chi connectivity index (χ4n) is 1.33. The topological polar surface area (TPSA) is 53.4 Å². The van der Waals surface area contributed by atoms with Gasteiger partial charge in [0, 0.05) is 18.0 Å². The van der Waals surface area contributed by atoms with Crippen LogP contribution in [0.4, 0.5) is 13.2 Å². The van der Waals surface area contributed by atoms with E-state index in [1.165, 1.54) is 0 Å². The number of aliphatic hydroxyl groups is 2. The Bertz CT molecular complexity index is 354. The summed E-state index contributed by atoms with van der Waals surface area (Å²) >= 11 is 0. The summed E-state index contributed by atoms with van der Waals surface area (Å²) in [5.74, 6) is 0. The molecule has 0 amide bonds. The number of hydrogen-bond acceptors (Lipinski definition) is 3. The van der Waals surface area contributed by atoms with E-state index in [9.17, 15) is 23.4 Å². The highest BCUT2D eigenvalue weighted by Crippen LogP contribution is 2.35. The van der Waals surface area contributed by atoms with Crippen molar-refractivity contribution >= 4 is 0 Å². The van der Waals surface area contributed by atoms with Crippen LogP contribution >= 0.6 is 0 Å². The Hall–Kier alpha value is -1.14. The molecule has 0 aliphatic carbocycles. The molecule has 0 aromatic carbocycles. The molecular formula is C10H12F3NO2. The Morgan fingerprint density at radius 3 is 2.50 bits per heavy atom. The monoisotopic (exact) mass is 235 g/mol. The van der Waals surface area contributed by atoms with Crippen LogP contribution in [0.15, 0.2) is 18.5 Å². The molecule has 0 radical (unpaired) electrons. The van der Waals surface area contributed by atoms with Crippen LogP contribution in [-0.2, 0) is 6.18 Å². The van der Waals surface area contributed by atoms with Crippen molar-refractivity contribution in [2.45, 2.75) is 31.7 Å². The average Bonchev–Trinajstić information content (AvgIpc) is 2.26. The van der Waals surface area contributed by atoms with E-state index in [1.54, 1.807) is 6.92 Å². The molecular weight excluding hydrogens is 223 g/mol. The molecule has 0 saturated carbocycles. The molecule has 1 aromatic heterocycles. The first-order valence-electron chi connectivity index (χ1n) is 4.75. The fourth-order valence-corrected chi connectivity index (χ4v) is 1.33. The molecule has 6 heteroatoms. The minimum Gasteiger partial charge on any atom is -0.390 e. The van der Waals surface area contributed by atoms with Crippen molar-refractivity contribution in [1.82, 2.24) is 4.98 Å². The van der Waals surface area contributed by atoms with Crippen LogP contribution in [0.2, 0.25) is 0 Å². The summed E-state index contributed by atoms with van der Waals surface area (Å²) in [7, 11) is 0. The first-order chi connectivity index (χ1) is 7.38. The smallest absolute Gasteiger partial charge is 0.390 e. The highest BCUT2D eigenvalue weighted by atomic mass is 19.4. The van der Waals surface area contributed by atoms with Crippen molar-refractivity contribution < 1.29 is 23.4 Å². The first kappa shape index (κ1) is 12.9. The molecule has 1 heterocycles. The summed E-state index contributed by atoms with van der Waals surface area (Å²) in [5.41, 5.74) is -1.37. The van der Waals surface area contributed by atoms with Crippen molar-refractivity contribution in [1.29, 1.82) is 0 Å². The third-order valence-corrected chi connectivity index (χ3v) is 2.26. The van der Waals surface area contributed by atoms with Crippen LogP contribution in [0, 0.1) is 0 Å².